The summed E-state index contributed by atoms with van der Waals surface area (Å²) >= 11 is 0. The number of fused-ring (bicyclic) bond motifs is 1. The summed E-state index contributed by atoms with van der Waals surface area (Å²) in [7, 11) is 0. The smallest absolute Gasteiger partial charge is 0.410 e. The lowest BCUT2D eigenvalue weighted by Gasteiger charge is -2.32. The predicted octanol–water partition coefficient (Wildman–Crippen LogP) is 6.66. The first kappa shape index (κ1) is 25.9. The molecule has 2 aliphatic rings. The van der Waals surface area contributed by atoms with Gasteiger partial charge in [0.25, 0.3) is 0 Å². The number of halogens is 2. The van der Waals surface area contributed by atoms with Crippen LogP contribution in [-0.2, 0) is 16.1 Å². The molecule has 38 heavy (non-hydrogen) atoms. The first-order chi connectivity index (χ1) is 18.5. The van der Waals surface area contributed by atoms with Gasteiger partial charge >= 0.3 is 6.09 Å². The second kappa shape index (κ2) is 11.8. The number of carbonyl (C=O) groups is 2. The van der Waals surface area contributed by atoms with Crippen molar-refractivity contribution in [1.29, 1.82) is 0 Å². The molecule has 0 aromatic heterocycles. The molecule has 0 bridgehead atoms. The van der Waals surface area contributed by atoms with Crippen LogP contribution in [0.2, 0.25) is 0 Å². The molecule has 0 saturated carbocycles. The molecular weight excluding hydrogens is 486 g/mol. The molecule has 1 unspecified atom stereocenters. The molecule has 7 heteroatoms. The average Bonchev–Trinajstić information content (AvgIpc) is 3.12. The topological polar surface area (TPSA) is 49.9 Å². The van der Waals surface area contributed by atoms with Crippen molar-refractivity contribution in [3.63, 3.8) is 0 Å². The van der Waals surface area contributed by atoms with Gasteiger partial charge in [0.05, 0.1) is 5.69 Å². The second-order valence-corrected chi connectivity index (χ2v) is 10.2. The van der Waals surface area contributed by atoms with Gasteiger partial charge in [-0.1, -0.05) is 48.5 Å². The molecule has 2 heterocycles. The molecule has 2 aliphatic heterocycles. The molecule has 1 saturated heterocycles. The van der Waals surface area contributed by atoms with Crippen LogP contribution in [-0.4, -0.2) is 36.5 Å². The Kier molecular flexibility index (Phi) is 8.01. The van der Waals surface area contributed by atoms with E-state index < -0.39 is 0 Å². The lowest BCUT2D eigenvalue weighted by molar-refractivity contribution is -0.119. The van der Waals surface area contributed by atoms with E-state index in [-0.39, 0.29) is 42.1 Å². The number of benzene rings is 3. The van der Waals surface area contributed by atoms with Crippen LogP contribution in [0, 0.1) is 17.6 Å². The minimum Gasteiger partial charge on any atom is -0.445 e. The van der Waals surface area contributed by atoms with Crippen LogP contribution in [0.25, 0.3) is 0 Å². The zero-order chi connectivity index (χ0) is 26.5. The highest BCUT2D eigenvalue weighted by Gasteiger charge is 2.31. The van der Waals surface area contributed by atoms with E-state index in [1.54, 1.807) is 28.0 Å². The van der Waals surface area contributed by atoms with Gasteiger partial charge in [0.15, 0.2) is 0 Å². The van der Waals surface area contributed by atoms with Gasteiger partial charge in [-0.3, -0.25) is 4.79 Å². The third kappa shape index (κ3) is 6.04. The summed E-state index contributed by atoms with van der Waals surface area (Å²) in [6.07, 6.45) is 3.00. The minimum atomic E-state index is -0.386. The maximum Gasteiger partial charge on any atom is 0.410 e. The number of rotatable bonds is 5. The van der Waals surface area contributed by atoms with E-state index >= 15 is 0 Å². The molecule has 0 spiro atoms. The SMILES string of the molecule is O=C(OCc1ccccc1)N1CCC(CC(=O)N2CCCC(c3ccc(F)cc3)c3ccc(F)cc32)CC1. The van der Waals surface area contributed by atoms with Crippen LogP contribution in [0.3, 0.4) is 0 Å². The predicted molar refractivity (Wildman–Crippen MR) is 142 cm³/mol. The van der Waals surface area contributed by atoms with E-state index in [1.165, 1.54) is 24.3 Å². The number of carbonyl (C=O) groups excluding carboxylic acids is 2. The third-order valence-electron chi connectivity index (χ3n) is 7.65. The van der Waals surface area contributed by atoms with Gasteiger partial charge in [-0.25, -0.2) is 13.6 Å². The first-order valence-corrected chi connectivity index (χ1v) is 13.3. The zero-order valence-corrected chi connectivity index (χ0v) is 21.3. The molecular formula is C31H32F2N2O3. The Hall–Kier alpha value is -3.74. The summed E-state index contributed by atoms with van der Waals surface area (Å²) in [4.78, 5) is 29.4. The van der Waals surface area contributed by atoms with Crippen molar-refractivity contribution in [2.24, 2.45) is 5.92 Å². The van der Waals surface area contributed by atoms with Gasteiger partial charge < -0.3 is 14.5 Å². The number of amides is 2. The summed E-state index contributed by atoms with van der Waals surface area (Å²) in [5.74, 6) is -0.595. The standard InChI is InChI=1S/C31H32F2N2O3/c32-25-10-8-24(9-11-25)27-7-4-16-35(29-20-26(33)12-13-28(27)29)30(36)19-22-14-17-34(18-15-22)31(37)38-21-23-5-2-1-3-6-23/h1-3,5-6,8-13,20,22,27H,4,7,14-19,21H2. The van der Waals surface area contributed by atoms with Crippen LogP contribution in [0.15, 0.2) is 72.8 Å². The molecule has 0 aliphatic carbocycles. The Labute approximate surface area is 222 Å². The molecule has 5 nitrogen and oxygen atoms in total. The van der Waals surface area contributed by atoms with E-state index in [4.69, 9.17) is 4.74 Å². The summed E-state index contributed by atoms with van der Waals surface area (Å²) in [6.45, 7) is 1.84. The number of likely N-dealkylation sites (tertiary alicyclic amines) is 1. The van der Waals surface area contributed by atoms with Crippen molar-refractivity contribution in [3.05, 3.63) is 101 Å². The molecule has 198 valence electrons. The highest BCUT2D eigenvalue weighted by molar-refractivity contribution is 5.94. The fourth-order valence-electron chi connectivity index (χ4n) is 5.56. The maximum atomic E-state index is 14.4. The minimum absolute atomic E-state index is 0.0262. The van der Waals surface area contributed by atoms with Crippen LogP contribution < -0.4 is 4.90 Å². The van der Waals surface area contributed by atoms with Crippen molar-refractivity contribution in [3.8, 4) is 0 Å². The largest absolute Gasteiger partial charge is 0.445 e. The van der Waals surface area contributed by atoms with E-state index in [0.29, 0.717) is 44.6 Å². The molecule has 1 fully saturated rings. The average molecular weight is 519 g/mol. The number of nitrogens with zero attached hydrogens (tertiary/aromatic N) is 2. The van der Waals surface area contributed by atoms with Crippen molar-refractivity contribution in [2.75, 3.05) is 24.5 Å². The number of ether oxygens (including phenoxy) is 1. The van der Waals surface area contributed by atoms with E-state index in [9.17, 15) is 18.4 Å². The Morgan fingerprint density at radius 2 is 1.55 bits per heavy atom. The van der Waals surface area contributed by atoms with Crippen molar-refractivity contribution in [1.82, 2.24) is 4.90 Å². The third-order valence-corrected chi connectivity index (χ3v) is 7.65. The first-order valence-electron chi connectivity index (χ1n) is 13.3. The van der Waals surface area contributed by atoms with Crippen molar-refractivity contribution < 1.29 is 23.1 Å². The fraction of sp³-hybridized carbons (Fsp3) is 0.355. The monoisotopic (exact) mass is 518 g/mol. The normalized spacial score (nSPS) is 18.0. The molecule has 0 radical (unpaired) electrons. The lowest BCUT2D eigenvalue weighted by Crippen LogP contribution is -2.40. The van der Waals surface area contributed by atoms with E-state index in [1.807, 2.05) is 30.3 Å². The summed E-state index contributed by atoms with van der Waals surface area (Å²) < 4.78 is 33.3. The van der Waals surface area contributed by atoms with Gasteiger partial charge in [-0.05, 0) is 72.6 Å². The molecule has 3 aromatic carbocycles. The highest BCUT2D eigenvalue weighted by atomic mass is 19.1. The second-order valence-electron chi connectivity index (χ2n) is 10.2. The van der Waals surface area contributed by atoms with E-state index in [0.717, 1.165) is 29.5 Å². The molecule has 2 amide bonds. The maximum absolute atomic E-state index is 14.4. The molecule has 3 aromatic rings. The van der Waals surface area contributed by atoms with E-state index in [2.05, 4.69) is 0 Å². The quantitative estimate of drug-likeness (QED) is 0.379. The van der Waals surface area contributed by atoms with Crippen LogP contribution in [0.5, 0.6) is 0 Å². The van der Waals surface area contributed by atoms with Gasteiger partial charge in [-0.2, -0.15) is 0 Å². The Morgan fingerprint density at radius 1 is 0.842 bits per heavy atom. The summed E-state index contributed by atoms with van der Waals surface area (Å²) in [5.41, 5.74) is 3.39. The summed E-state index contributed by atoms with van der Waals surface area (Å²) in [6, 6.07) is 20.6. The Bertz CT molecular complexity index is 1260. The van der Waals surface area contributed by atoms with Crippen LogP contribution in [0.1, 0.15) is 54.7 Å². The number of hydrogen-bond acceptors (Lipinski definition) is 3. The van der Waals surface area contributed by atoms with Crippen LogP contribution >= 0.6 is 0 Å². The van der Waals surface area contributed by atoms with Gasteiger partial charge in [-0.15, -0.1) is 0 Å². The van der Waals surface area contributed by atoms with Crippen LogP contribution in [0.4, 0.5) is 19.3 Å². The van der Waals surface area contributed by atoms with Gasteiger partial charge in [0.2, 0.25) is 5.91 Å². The Morgan fingerprint density at radius 3 is 2.29 bits per heavy atom. The zero-order valence-electron chi connectivity index (χ0n) is 21.3. The van der Waals surface area contributed by atoms with Crippen molar-refractivity contribution >= 4 is 17.7 Å². The highest BCUT2D eigenvalue weighted by Crippen LogP contribution is 2.39. The van der Waals surface area contributed by atoms with Crippen molar-refractivity contribution in [2.45, 2.75) is 44.6 Å². The number of anilines is 1. The number of hydrogen-bond donors (Lipinski definition) is 0. The van der Waals surface area contributed by atoms with Gasteiger partial charge in [0, 0.05) is 32.0 Å². The fourth-order valence-corrected chi connectivity index (χ4v) is 5.56. The lowest BCUT2D eigenvalue weighted by atomic mass is 9.87. The number of piperidine rings is 1. The Balaban J connectivity index is 1.21. The molecule has 5 rings (SSSR count). The molecule has 1 atom stereocenters. The summed E-state index contributed by atoms with van der Waals surface area (Å²) in [5, 5.41) is 0. The molecule has 0 N–H and O–H groups in total. The van der Waals surface area contributed by atoms with Gasteiger partial charge in [0.1, 0.15) is 18.2 Å².